The van der Waals surface area contributed by atoms with E-state index in [4.69, 9.17) is 14.9 Å². The lowest BCUT2D eigenvalue weighted by Crippen LogP contribution is -2.48. The Morgan fingerprint density at radius 3 is 2.74 bits per heavy atom. The summed E-state index contributed by atoms with van der Waals surface area (Å²) in [6, 6.07) is -0.0992. The van der Waals surface area contributed by atoms with Gasteiger partial charge < -0.3 is 29.7 Å². The molecule has 2 fully saturated rings. The third kappa shape index (κ3) is 4.95. The van der Waals surface area contributed by atoms with Gasteiger partial charge in [0, 0.05) is 44.7 Å². The average molecular weight is 472 g/mol. The smallest absolute Gasteiger partial charge is 0.249 e. The van der Waals surface area contributed by atoms with Crippen molar-refractivity contribution in [2.45, 2.75) is 62.8 Å². The number of nitrogens with zero attached hydrogens (tertiary/aromatic N) is 5. The molecule has 0 aromatic carbocycles. The fraction of sp³-hybridized carbons (Fsp3) is 0.609. The van der Waals surface area contributed by atoms with Crippen LogP contribution in [0.5, 0.6) is 0 Å². The van der Waals surface area contributed by atoms with Crippen LogP contribution in [-0.4, -0.2) is 76.2 Å². The molecule has 2 saturated heterocycles. The van der Waals surface area contributed by atoms with E-state index in [2.05, 4.69) is 24.8 Å². The summed E-state index contributed by atoms with van der Waals surface area (Å²) in [5.74, 6) is 0.767. The van der Waals surface area contributed by atoms with Crippen molar-refractivity contribution in [2.75, 3.05) is 31.2 Å². The molecule has 0 bridgehead atoms. The van der Waals surface area contributed by atoms with Gasteiger partial charge >= 0.3 is 0 Å². The van der Waals surface area contributed by atoms with Crippen LogP contribution in [-0.2, 0) is 20.8 Å². The summed E-state index contributed by atoms with van der Waals surface area (Å²) < 4.78 is 27.1. The molecule has 10 nitrogen and oxygen atoms in total. The van der Waals surface area contributed by atoms with Crippen LogP contribution in [0.3, 0.4) is 0 Å². The van der Waals surface area contributed by atoms with Crippen molar-refractivity contribution in [1.82, 2.24) is 24.8 Å². The number of piperidine rings is 1. The van der Waals surface area contributed by atoms with Gasteiger partial charge in [-0.15, -0.1) is 0 Å². The summed E-state index contributed by atoms with van der Waals surface area (Å²) in [5.41, 5.74) is 0.610. The minimum absolute atomic E-state index is 0.0626. The topological polar surface area (TPSA) is 118 Å². The molecule has 2 unspecified atom stereocenters. The monoisotopic (exact) mass is 471 g/mol. The molecule has 0 radical (unpaired) electrons. The second-order valence-corrected chi connectivity index (χ2v) is 9.09. The van der Waals surface area contributed by atoms with Crippen LogP contribution in [0.25, 0.3) is 0 Å². The number of aryl methyl sites for hydroxylation is 1. The van der Waals surface area contributed by atoms with Gasteiger partial charge in [0.05, 0.1) is 36.7 Å². The van der Waals surface area contributed by atoms with Crippen molar-refractivity contribution in [3.8, 4) is 0 Å². The molecular formula is C23H30FN7O3. The molecule has 11 heteroatoms. The van der Waals surface area contributed by atoms with Gasteiger partial charge in [0.25, 0.3) is 0 Å². The molecule has 0 spiro atoms. The van der Waals surface area contributed by atoms with Crippen LogP contribution in [0.1, 0.15) is 49.5 Å². The zero-order chi connectivity index (χ0) is 23.5. The number of hydrogen-bond acceptors (Lipinski definition) is 8. The molecule has 1 amide bonds. The Hall–Kier alpha value is -2.92. The van der Waals surface area contributed by atoms with E-state index in [0.29, 0.717) is 24.9 Å². The molecule has 182 valence electrons. The number of anilines is 1. The number of fused-ring (bicyclic) bond motifs is 1. The standard InChI is InChI=1S/C23H30FN7O3/c24-15-11-26-23(27-12-15)30-6-3-17(4-7-30)34-14-18-19(29-22(32)20-2-1-9-33-20)5-8-31-13-16(10-25)28-21(18)31/h10-13,17-20,25H,1-9,14H2,(H,29,32)/t18?,19?,20-/m0/s1. The Bertz CT molecular complexity index is 1000. The molecule has 2 aromatic heterocycles. The number of rotatable bonds is 7. The van der Waals surface area contributed by atoms with Gasteiger partial charge in [-0.05, 0) is 32.1 Å². The van der Waals surface area contributed by atoms with Gasteiger partial charge in [-0.25, -0.2) is 19.3 Å². The van der Waals surface area contributed by atoms with Crippen molar-refractivity contribution in [3.05, 3.63) is 35.9 Å². The van der Waals surface area contributed by atoms with E-state index in [1.165, 1.54) is 18.6 Å². The summed E-state index contributed by atoms with van der Waals surface area (Å²) >= 11 is 0. The second-order valence-electron chi connectivity index (χ2n) is 9.09. The number of amides is 1. The lowest BCUT2D eigenvalue weighted by Gasteiger charge is -2.36. The normalized spacial score (nSPS) is 25.2. The predicted octanol–water partition coefficient (Wildman–Crippen LogP) is 1.65. The predicted molar refractivity (Wildman–Crippen MR) is 122 cm³/mol. The van der Waals surface area contributed by atoms with Gasteiger partial charge in [0.15, 0.2) is 5.82 Å². The van der Waals surface area contributed by atoms with Crippen molar-refractivity contribution in [3.63, 3.8) is 0 Å². The molecule has 2 aromatic rings. The van der Waals surface area contributed by atoms with Crippen LogP contribution >= 0.6 is 0 Å². The highest BCUT2D eigenvalue weighted by molar-refractivity contribution is 5.81. The molecule has 2 N–H and O–H groups in total. The van der Waals surface area contributed by atoms with Gasteiger partial charge in [0.2, 0.25) is 11.9 Å². The number of imidazole rings is 1. The number of nitrogens with one attached hydrogen (secondary N) is 2. The minimum Gasteiger partial charge on any atom is -0.377 e. The summed E-state index contributed by atoms with van der Waals surface area (Å²) in [6.45, 7) is 3.26. The lowest BCUT2D eigenvalue weighted by molar-refractivity contribution is -0.131. The maximum absolute atomic E-state index is 13.1. The molecule has 3 aliphatic heterocycles. The minimum atomic E-state index is -0.444. The number of ether oxygens (including phenoxy) is 2. The largest absolute Gasteiger partial charge is 0.377 e. The molecule has 0 aliphatic carbocycles. The number of carbonyl (C=O) groups is 1. The van der Waals surface area contributed by atoms with E-state index in [1.54, 1.807) is 0 Å². The highest BCUT2D eigenvalue weighted by Gasteiger charge is 2.36. The van der Waals surface area contributed by atoms with Crippen LogP contribution in [0, 0.1) is 11.2 Å². The molecule has 3 aliphatic rings. The molecule has 5 rings (SSSR count). The summed E-state index contributed by atoms with van der Waals surface area (Å²) in [4.78, 5) is 27.6. The molecule has 3 atom stereocenters. The maximum atomic E-state index is 13.1. The van der Waals surface area contributed by atoms with Crippen molar-refractivity contribution in [2.24, 2.45) is 0 Å². The Balaban J connectivity index is 1.22. The van der Waals surface area contributed by atoms with E-state index < -0.39 is 5.82 Å². The zero-order valence-corrected chi connectivity index (χ0v) is 19.0. The van der Waals surface area contributed by atoms with E-state index in [1.807, 2.05) is 11.1 Å². The van der Waals surface area contributed by atoms with Gasteiger partial charge in [-0.1, -0.05) is 0 Å². The number of carbonyl (C=O) groups excluding carboxylic acids is 1. The SMILES string of the molecule is N=Cc1cn2c(n1)C(COC1CCN(c3ncc(F)cn3)CC1)C(NC(=O)[C@@H]1CCCO1)CC2. The van der Waals surface area contributed by atoms with E-state index in [9.17, 15) is 9.18 Å². The Labute approximate surface area is 197 Å². The summed E-state index contributed by atoms with van der Waals surface area (Å²) in [7, 11) is 0. The zero-order valence-electron chi connectivity index (χ0n) is 19.0. The highest BCUT2D eigenvalue weighted by Crippen LogP contribution is 2.29. The summed E-state index contributed by atoms with van der Waals surface area (Å²) in [6.07, 6.45) is 9.23. The molecule has 0 saturated carbocycles. The van der Waals surface area contributed by atoms with E-state index in [-0.39, 0.29) is 30.1 Å². The van der Waals surface area contributed by atoms with Crippen LogP contribution in [0.2, 0.25) is 0 Å². The number of aromatic nitrogens is 4. The average Bonchev–Trinajstić information content (AvgIpc) is 3.54. The Kier molecular flexibility index (Phi) is 6.82. The van der Waals surface area contributed by atoms with Crippen molar-refractivity contribution >= 4 is 18.1 Å². The van der Waals surface area contributed by atoms with Crippen molar-refractivity contribution in [1.29, 1.82) is 5.41 Å². The molecule has 5 heterocycles. The highest BCUT2D eigenvalue weighted by atomic mass is 19.1. The van der Waals surface area contributed by atoms with Crippen LogP contribution in [0.4, 0.5) is 10.3 Å². The molecular weight excluding hydrogens is 441 g/mol. The van der Waals surface area contributed by atoms with E-state index in [0.717, 1.165) is 57.6 Å². The van der Waals surface area contributed by atoms with Gasteiger partial charge in [-0.3, -0.25) is 4.79 Å². The van der Waals surface area contributed by atoms with Crippen molar-refractivity contribution < 1.29 is 18.7 Å². The fourth-order valence-corrected chi connectivity index (χ4v) is 5.01. The van der Waals surface area contributed by atoms with Gasteiger partial charge in [0.1, 0.15) is 11.9 Å². The Morgan fingerprint density at radius 1 is 1.24 bits per heavy atom. The first-order valence-electron chi connectivity index (χ1n) is 11.9. The molecule has 34 heavy (non-hydrogen) atoms. The third-order valence-electron chi connectivity index (χ3n) is 6.87. The lowest BCUT2D eigenvalue weighted by atomic mass is 9.92. The fourth-order valence-electron chi connectivity index (χ4n) is 5.01. The number of halogens is 1. The quantitative estimate of drug-likeness (QED) is 0.590. The first kappa shape index (κ1) is 22.9. The second kappa shape index (κ2) is 10.1. The summed E-state index contributed by atoms with van der Waals surface area (Å²) in [5, 5.41) is 10.8. The first-order valence-corrected chi connectivity index (χ1v) is 11.9. The van der Waals surface area contributed by atoms with E-state index >= 15 is 0 Å². The first-order chi connectivity index (χ1) is 16.6. The van der Waals surface area contributed by atoms with Gasteiger partial charge in [-0.2, -0.15) is 0 Å². The Morgan fingerprint density at radius 2 is 2.03 bits per heavy atom. The van der Waals surface area contributed by atoms with Crippen LogP contribution < -0.4 is 10.2 Å². The van der Waals surface area contributed by atoms with Crippen LogP contribution in [0.15, 0.2) is 18.6 Å². The maximum Gasteiger partial charge on any atom is 0.249 e. The third-order valence-corrected chi connectivity index (χ3v) is 6.87. The number of hydrogen-bond donors (Lipinski definition) is 2.